The maximum atomic E-state index is 5.82. The molecule has 1 aromatic rings. The van der Waals surface area contributed by atoms with Gasteiger partial charge in [0, 0.05) is 12.0 Å². The molecule has 1 saturated carbocycles. The molecular weight excluding hydrogens is 220 g/mol. The fraction of sp³-hybridized carbons (Fsp3) is 0.667. The van der Waals surface area contributed by atoms with E-state index < -0.39 is 0 Å². The van der Waals surface area contributed by atoms with Crippen molar-refractivity contribution < 1.29 is 4.74 Å². The quantitative estimate of drug-likeness (QED) is 0.808. The molecule has 1 aliphatic carbocycles. The van der Waals surface area contributed by atoms with Crippen molar-refractivity contribution in [3.05, 3.63) is 17.8 Å². The molecule has 0 spiro atoms. The van der Waals surface area contributed by atoms with Crippen molar-refractivity contribution >= 4 is 11.8 Å². The standard InChI is InChI=1S/C12H16N2OS/c1-2-9(1)11-3-4-12(14-13-11)15-10-5-7-16-8-6-10/h3-4,9-10H,1-2,5-8H2. The van der Waals surface area contributed by atoms with Gasteiger partial charge in [-0.2, -0.15) is 16.9 Å². The van der Waals surface area contributed by atoms with Crippen LogP contribution in [0.5, 0.6) is 5.88 Å². The first kappa shape index (κ1) is 10.4. The van der Waals surface area contributed by atoms with Crippen molar-refractivity contribution in [1.82, 2.24) is 10.2 Å². The van der Waals surface area contributed by atoms with Crippen LogP contribution in [-0.4, -0.2) is 27.8 Å². The molecule has 0 atom stereocenters. The van der Waals surface area contributed by atoms with Gasteiger partial charge in [-0.15, -0.1) is 5.10 Å². The summed E-state index contributed by atoms with van der Waals surface area (Å²) in [6.45, 7) is 0. The zero-order valence-corrected chi connectivity index (χ0v) is 10.1. The highest BCUT2D eigenvalue weighted by molar-refractivity contribution is 7.99. The highest BCUT2D eigenvalue weighted by Crippen LogP contribution is 2.38. The molecule has 1 saturated heterocycles. The molecule has 2 aliphatic rings. The monoisotopic (exact) mass is 236 g/mol. The van der Waals surface area contributed by atoms with Crippen molar-refractivity contribution in [2.45, 2.75) is 37.7 Å². The minimum Gasteiger partial charge on any atom is -0.473 e. The first-order valence-corrected chi connectivity index (χ1v) is 7.15. The predicted octanol–water partition coefficient (Wildman–Crippen LogP) is 2.63. The van der Waals surface area contributed by atoms with E-state index in [9.17, 15) is 0 Å². The maximum absolute atomic E-state index is 5.82. The van der Waals surface area contributed by atoms with Crippen LogP contribution in [0.2, 0.25) is 0 Å². The minimum absolute atomic E-state index is 0.349. The van der Waals surface area contributed by atoms with Crippen LogP contribution in [0.15, 0.2) is 12.1 Å². The van der Waals surface area contributed by atoms with Gasteiger partial charge in [-0.25, -0.2) is 0 Å². The summed E-state index contributed by atoms with van der Waals surface area (Å²) in [6, 6.07) is 4.04. The van der Waals surface area contributed by atoms with E-state index in [4.69, 9.17) is 4.74 Å². The van der Waals surface area contributed by atoms with Gasteiger partial charge >= 0.3 is 0 Å². The summed E-state index contributed by atoms with van der Waals surface area (Å²) in [4.78, 5) is 0. The summed E-state index contributed by atoms with van der Waals surface area (Å²) >= 11 is 2.01. The van der Waals surface area contributed by atoms with E-state index in [1.165, 1.54) is 24.3 Å². The molecule has 0 aromatic carbocycles. The molecule has 0 radical (unpaired) electrons. The fourth-order valence-electron chi connectivity index (χ4n) is 1.95. The van der Waals surface area contributed by atoms with Crippen LogP contribution in [0, 0.1) is 0 Å². The van der Waals surface area contributed by atoms with Crippen molar-refractivity contribution in [2.75, 3.05) is 11.5 Å². The summed E-state index contributed by atoms with van der Waals surface area (Å²) in [6.07, 6.45) is 5.17. The number of hydrogen-bond acceptors (Lipinski definition) is 4. The largest absolute Gasteiger partial charge is 0.473 e. The third kappa shape index (κ3) is 2.48. The van der Waals surface area contributed by atoms with Gasteiger partial charge < -0.3 is 4.74 Å². The summed E-state index contributed by atoms with van der Waals surface area (Å²) in [5.74, 6) is 3.78. The highest BCUT2D eigenvalue weighted by atomic mass is 32.2. The van der Waals surface area contributed by atoms with Gasteiger partial charge in [0.25, 0.3) is 0 Å². The Hall–Kier alpha value is -0.770. The van der Waals surface area contributed by atoms with E-state index in [1.54, 1.807) is 0 Å². The lowest BCUT2D eigenvalue weighted by Crippen LogP contribution is -2.22. The van der Waals surface area contributed by atoms with E-state index in [-0.39, 0.29) is 0 Å². The molecule has 0 unspecified atom stereocenters. The SMILES string of the molecule is c1cc(C2CC2)nnc1OC1CCSCC1. The molecule has 86 valence electrons. The molecule has 2 heterocycles. The van der Waals surface area contributed by atoms with E-state index in [0.717, 1.165) is 18.5 Å². The lowest BCUT2D eigenvalue weighted by molar-refractivity contribution is 0.182. The van der Waals surface area contributed by atoms with Crippen molar-refractivity contribution in [3.8, 4) is 5.88 Å². The van der Waals surface area contributed by atoms with Gasteiger partial charge in [-0.05, 0) is 43.3 Å². The maximum Gasteiger partial charge on any atom is 0.233 e. The van der Waals surface area contributed by atoms with Crippen molar-refractivity contribution in [1.29, 1.82) is 0 Å². The Morgan fingerprint density at radius 2 is 1.88 bits per heavy atom. The average Bonchev–Trinajstić information content (AvgIpc) is 3.15. The zero-order chi connectivity index (χ0) is 10.8. The number of hydrogen-bond donors (Lipinski definition) is 0. The van der Waals surface area contributed by atoms with Crippen LogP contribution in [0.3, 0.4) is 0 Å². The topological polar surface area (TPSA) is 35.0 Å². The Balaban J connectivity index is 1.60. The molecule has 0 N–H and O–H groups in total. The third-order valence-electron chi connectivity index (χ3n) is 3.11. The van der Waals surface area contributed by atoms with Gasteiger partial charge in [0.2, 0.25) is 5.88 Å². The van der Waals surface area contributed by atoms with E-state index in [0.29, 0.717) is 17.9 Å². The normalized spacial score (nSPS) is 22.0. The predicted molar refractivity (Wildman–Crippen MR) is 65.0 cm³/mol. The van der Waals surface area contributed by atoms with E-state index in [2.05, 4.69) is 16.3 Å². The smallest absolute Gasteiger partial charge is 0.233 e. The van der Waals surface area contributed by atoms with Gasteiger partial charge in [0.1, 0.15) is 6.10 Å². The Bertz CT molecular complexity index is 345. The molecule has 3 rings (SSSR count). The third-order valence-corrected chi connectivity index (χ3v) is 4.16. The second-order valence-electron chi connectivity index (χ2n) is 4.50. The molecule has 1 aliphatic heterocycles. The molecule has 3 nitrogen and oxygen atoms in total. The number of aromatic nitrogens is 2. The van der Waals surface area contributed by atoms with Crippen LogP contribution < -0.4 is 4.74 Å². The zero-order valence-electron chi connectivity index (χ0n) is 9.26. The highest BCUT2D eigenvalue weighted by Gasteiger charge is 2.25. The second kappa shape index (κ2) is 4.62. The fourth-order valence-corrected chi connectivity index (χ4v) is 3.02. The van der Waals surface area contributed by atoms with E-state index in [1.807, 2.05) is 17.8 Å². The summed E-state index contributed by atoms with van der Waals surface area (Å²) in [5.41, 5.74) is 1.13. The Labute approximate surface area is 100.0 Å². The van der Waals surface area contributed by atoms with Gasteiger partial charge in [0.05, 0.1) is 5.69 Å². The number of thioether (sulfide) groups is 1. The molecule has 16 heavy (non-hydrogen) atoms. The summed E-state index contributed by atoms with van der Waals surface area (Å²) < 4.78 is 5.82. The Kier molecular flexibility index (Phi) is 3.00. The van der Waals surface area contributed by atoms with Crippen LogP contribution >= 0.6 is 11.8 Å². The molecule has 0 amide bonds. The minimum atomic E-state index is 0.349. The average molecular weight is 236 g/mol. The molecular formula is C12H16N2OS. The number of nitrogens with zero attached hydrogens (tertiary/aromatic N) is 2. The van der Waals surface area contributed by atoms with Crippen LogP contribution in [0.4, 0.5) is 0 Å². The first-order valence-electron chi connectivity index (χ1n) is 6.00. The summed E-state index contributed by atoms with van der Waals surface area (Å²) in [7, 11) is 0. The second-order valence-corrected chi connectivity index (χ2v) is 5.73. The van der Waals surface area contributed by atoms with Crippen molar-refractivity contribution in [3.63, 3.8) is 0 Å². The van der Waals surface area contributed by atoms with E-state index >= 15 is 0 Å². The van der Waals surface area contributed by atoms with Crippen LogP contribution in [0.1, 0.15) is 37.3 Å². The van der Waals surface area contributed by atoms with Gasteiger partial charge in [0.15, 0.2) is 0 Å². The van der Waals surface area contributed by atoms with Crippen LogP contribution in [-0.2, 0) is 0 Å². The molecule has 0 bridgehead atoms. The molecule has 2 fully saturated rings. The molecule has 1 aromatic heterocycles. The number of rotatable bonds is 3. The van der Waals surface area contributed by atoms with Crippen LogP contribution in [0.25, 0.3) is 0 Å². The van der Waals surface area contributed by atoms with Crippen molar-refractivity contribution in [2.24, 2.45) is 0 Å². The van der Waals surface area contributed by atoms with Gasteiger partial charge in [-0.1, -0.05) is 0 Å². The first-order chi connectivity index (χ1) is 7.92. The lowest BCUT2D eigenvalue weighted by Gasteiger charge is -2.21. The number of ether oxygens (including phenoxy) is 1. The molecule has 4 heteroatoms. The Morgan fingerprint density at radius 3 is 2.50 bits per heavy atom. The lowest BCUT2D eigenvalue weighted by atomic mass is 10.2. The van der Waals surface area contributed by atoms with Gasteiger partial charge in [-0.3, -0.25) is 0 Å². The summed E-state index contributed by atoms with van der Waals surface area (Å²) in [5, 5.41) is 8.38. The Morgan fingerprint density at radius 1 is 1.06 bits per heavy atom.